The highest BCUT2D eigenvalue weighted by atomic mass is 32.1. The van der Waals surface area contributed by atoms with Gasteiger partial charge < -0.3 is 44.9 Å². The van der Waals surface area contributed by atoms with Crippen molar-refractivity contribution in [1.82, 2.24) is 45.4 Å². The van der Waals surface area contributed by atoms with Crippen molar-refractivity contribution in [3.05, 3.63) is 84.7 Å². The topological polar surface area (TPSA) is 207 Å². The number of ether oxygens (including phenoxy) is 2. The first-order valence-electron chi connectivity index (χ1n) is 22.0. The molecule has 0 bridgehead atoms. The van der Waals surface area contributed by atoms with E-state index in [1.807, 2.05) is 24.3 Å². The fourth-order valence-corrected chi connectivity index (χ4v) is 7.87. The Balaban J connectivity index is 0.000000245. The molecule has 17 heteroatoms. The van der Waals surface area contributed by atoms with Crippen LogP contribution in [0.4, 0.5) is 4.79 Å². The van der Waals surface area contributed by atoms with Crippen LogP contribution in [0.25, 0.3) is 55.0 Å². The molecule has 2 aromatic carbocycles. The number of amides is 4. The number of alkyl carbamates (subject to hydrolysis) is 1. The van der Waals surface area contributed by atoms with Gasteiger partial charge in [0, 0.05) is 49.6 Å². The molecule has 5 N–H and O–H groups in total. The zero-order valence-electron chi connectivity index (χ0n) is 38.5. The van der Waals surface area contributed by atoms with E-state index in [4.69, 9.17) is 4.74 Å². The Hall–Kier alpha value is -6.75. The summed E-state index contributed by atoms with van der Waals surface area (Å²) in [6.07, 6.45) is 13.1. The van der Waals surface area contributed by atoms with E-state index >= 15 is 0 Å². The summed E-state index contributed by atoms with van der Waals surface area (Å²) in [5, 5.41) is 6.97. The molecule has 0 saturated carbocycles. The Labute approximate surface area is 384 Å². The van der Waals surface area contributed by atoms with E-state index < -0.39 is 12.1 Å². The van der Waals surface area contributed by atoms with Gasteiger partial charge in [-0.05, 0) is 47.9 Å². The standard InChI is InChI=1S/C26H19N5O2S.C8H14N2O3.C8H14N2O2.2C3H8/c1-33-26(32)24-22(18-8-6-17(7-9-18)21-11-28-14-30-21)25-23(31-24)19(12-34-25)15-2-4-16(5-3-15)20-10-27-13-29-20;1-13-8(12)9-6-7(11)10-4-2-3-5-10;1-7(11)9-6-8(12)10-4-2-3-5-10;2*1-3-2/h2-14,31H,1H3,(H,27,29)(H,28,30);2-6H2,1H3,(H,9,12);2-6H2,1H3,(H,9,11);2*3H2,1-2H3. The highest BCUT2D eigenvalue weighted by molar-refractivity contribution is 7.18. The van der Waals surface area contributed by atoms with E-state index in [1.54, 1.807) is 46.2 Å². The third-order valence-electron chi connectivity index (χ3n) is 9.87. The van der Waals surface area contributed by atoms with Crippen LogP contribution in [0.2, 0.25) is 0 Å². The van der Waals surface area contributed by atoms with Gasteiger partial charge in [0.2, 0.25) is 17.7 Å². The summed E-state index contributed by atoms with van der Waals surface area (Å²) in [6.45, 7) is 13.4. The largest absolute Gasteiger partial charge is 0.464 e. The molecule has 0 atom stereocenters. The van der Waals surface area contributed by atoms with Crippen LogP contribution in [0.3, 0.4) is 0 Å². The number of carbonyl (C=O) groups excluding carboxylic acids is 5. The molecule has 65 heavy (non-hydrogen) atoms. The molecular weight excluding hydrogens is 847 g/mol. The normalized spacial score (nSPS) is 12.5. The maximum absolute atomic E-state index is 12.7. The number of nitrogens with zero attached hydrogens (tertiary/aromatic N) is 4. The fourth-order valence-electron chi connectivity index (χ4n) is 6.76. The molecule has 4 aromatic heterocycles. The van der Waals surface area contributed by atoms with Gasteiger partial charge in [0.25, 0.3) is 0 Å². The highest BCUT2D eigenvalue weighted by Gasteiger charge is 2.24. The minimum Gasteiger partial charge on any atom is -0.464 e. The zero-order chi connectivity index (χ0) is 47.1. The monoisotopic (exact) mass is 909 g/mol. The first-order valence-corrected chi connectivity index (χ1v) is 22.9. The Kier molecular flexibility index (Phi) is 21.0. The van der Waals surface area contributed by atoms with Crippen molar-refractivity contribution in [3.63, 3.8) is 0 Å². The predicted molar refractivity (Wildman–Crippen MR) is 256 cm³/mol. The van der Waals surface area contributed by atoms with Gasteiger partial charge in [-0.25, -0.2) is 19.6 Å². The second-order valence-corrected chi connectivity index (χ2v) is 16.0. The Morgan fingerprint density at radius 3 is 1.52 bits per heavy atom. The molecule has 16 nitrogen and oxygen atoms in total. The van der Waals surface area contributed by atoms with Crippen molar-refractivity contribution in [1.29, 1.82) is 0 Å². The molecule has 8 rings (SSSR count). The predicted octanol–water partition coefficient (Wildman–Crippen LogP) is 8.67. The lowest BCUT2D eigenvalue weighted by molar-refractivity contribution is -0.131. The number of methoxy groups -OCH3 is 2. The molecule has 2 aliphatic heterocycles. The smallest absolute Gasteiger partial charge is 0.407 e. The number of aromatic amines is 3. The van der Waals surface area contributed by atoms with Gasteiger partial charge in [-0.3, -0.25) is 14.4 Å². The maximum Gasteiger partial charge on any atom is 0.407 e. The van der Waals surface area contributed by atoms with Gasteiger partial charge in [-0.15, -0.1) is 11.3 Å². The number of rotatable bonds is 9. The van der Waals surface area contributed by atoms with Crippen LogP contribution in [0.15, 0.2) is 79.0 Å². The lowest BCUT2D eigenvalue weighted by atomic mass is 10.0. The third kappa shape index (κ3) is 14.9. The summed E-state index contributed by atoms with van der Waals surface area (Å²) in [5.41, 5.74) is 9.27. The van der Waals surface area contributed by atoms with E-state index in [-0.39, 0.29) is 30.8 Å². The third-order valence-corrected chi connectivity index (χ3v) is 10.9. The minimum atomic E-state index is -0.562. The van der Waals surface area contributed by atoms with E-state index in [2.05, 4.69) is 97.6 Å². The number of likely N-dealkylation sites (tertiary alicyclic amines) is 2. The van der Waals surface area contributed by atoms with E-state index in [1.165, 1.54) is 34.0 Å². The van der Waals surface area contributed by atoms with Crippen molar-refractivity contribution >= 4 is 51.3 Å². The molecule has 6 heterocycles. The summed E-state index contributed by atoms with van der Waals surface area (Å²) in [5.74, 6) is -0.551. The number of benzene rings is 2. The van der Waals surface area contributed by atoms with Crippen LogP contribution in [-0.2, 0) is 23.9 Å². The summed E-state index contributed by atoms with van der Waals surface area (Å²) < 4.78 is 10.5. The van der Waals surface area contributed by atoms with Crippen molar-refractivity contribution < 1.29 is 33.4 Å². The molecular formula is C48H63N9O7S. The van der Waals surface area contributed by atoms with Gasteiger partial charge in [0.05, 0.1) is 67.4 Å². The summed E-state index contributed by atoms with van der Waals surface area (Å²) in [7, 11) is 2.67. The first kappa shape index (κ1) is 50.9. The number of esters is 1. The summed E-state index contributed by atoms with van der Waals surface area (Å²) in [4.78, 5) is 77.7. The highest BCUT2D eigenvalue weighted by Crippen LogP contribution is 2.42. The average molecular weight is 910 g/mol. The second-order valence-electron chi connectivity index (χ2n) is 15.2. The number of aromatic nitrogens is 5. The maximum atomic E-state index is 12.7. The van der Waals surface area contributed by atoms with E-state index in [0.29, 0.717) is 5.69 Å². The van der Waals surface area contributed by atoms with Crippen LogP contribution in [-0.4, -0.2) is 118 Å². The van der Waals surface area contributed by atoms with Gasteiger partial charge >= 0.3 is 12.1 Å². The number of carbonyl (C=O) groups is 5. The van der Waals surface area contributed by atoms with Gasteiger partial charge in [-0.1, -0.05) is 89.1 Å². The van der Waals surface area contributed by atoms with E-state index in [9.17, 15) is 24.0 Å². The van der Waals surface area contributed by atoms with Crippen molar-refractivity contribution in [3.8, 4) is 44.8 Å². The van der Waals surface area contributed by atoms with Crippen molar-refractivity contribution in [2.75, 3.05) is 53.5 Å². The lowest BCUT2D eigenvalue weighted by Gasteiger charge is -2.14. The Morgan fingerprint density at radius 2 is 1.11 bits per heavy atom. The summed E-state index contributed by atoms with van der Waals surface area (Å²) in [6, 6.07) is 16.4. The molecule has 0 aliphatic carbocycles. The first-order chi connectivity index (χ1) is 31.5. The number of hydrogen-bond donors (Lipinski definition) is 5. The number of thiophene rings is 1. The van der Waals surface area contributed by atoms with Crippen LogP contribution in [0.1, 0.15) is 83.6 Å². The number of imidazole rings is 2. The Bertz CT molecular complexity index is 2360. The van der Waals surface area contributed by atoms with Gasteiger partial charge in [-0.2, -0.15) is 0 Å². The molecule has 348 valence electrons. The number of H-pyrrole nitrogens is 3. The van der Waals surface area contributed by atoms with Crippen LogP contribution >= 0.6 is 11.3 Å². The molecule has 4 amide bonds. The quantitative estimate of drug-likeness (QED) is 0.0879. The zero-order valence-corrected chi connectivity index (χ0v) is 39.4. The Morgan fingerprint density at radius 1 is 0.662 bits per heavy atom. The van der Waals surface area contributed by atoms with Crippen LogP contribution in [0.5, 0.6) is 0 Å². The minimum absolute atomic E-state index is 0.0303. The van der Waals surface area contributed by atoms with Crippen molar-refractivity contribution in [2.24, 2.45) is 0 Å². The number of hydrogen-bond acceptors (Lipinski definition) is 10. The van der Waals surface area contributed by atoms with Crippen LogP contribution < -0.4 is 10.6 Å². The lowest BCUT2D eigenvalue weighted by Crippen LogP contribution is -2.38. The average Bonchev–Trinajstić information content (AvgIpc) is 4.17. The van der Waals surface area contributed by atoms with Crippen molar-refractivity contribution in [2.45, 2.75) is 73.1 Å². The fraction of sp³-hybridized carbons (Fsp3) is 0.396. The molecule has 0 spiro atoms. The molecule has 2 fully saturated rings. The molecule has 6 aromatic rings. The number of nitrogens with one attached hydrogen (secondary N) is 5. The summed E-state index contributed by atoms with van der Waals surface area (Å²) >= 11 is 1.61. The molecule has 0 radical (unpaired) electrons. The molecule has 2 saturated heterocycles. The van der Waals surface area contributed by atoms with Crippen LogP contribution in [0, 0.1) is 0 Å². The molecule has 0 unspecified atom stereocenters. The van der Waals surface area contributed by atoms with Gasteiger partial charge in [0.15, 0.2) is 0 Å². The second kappa shape index (κ2) is 26.8. The SMILES string of the molecule is CC(=O)NCC(=O)N1CCCC1.CCC.CCC.COC(=O)NCC(=O)N1CCCC1.COC(=O)c1[nH]c2c(-c3ccc(-c4cnc[nH]4)cc3)csc2c1-c1ccc(-c2cnc[nH]2)cc1. The van der Waals surface area contributed by atoms with E-state index in [0.717, 1.165) is 107 Å². The van der Waals surface area contributed by atoms with Gasteiger partial charge in [0.1, 0.15) is 12.2 Å². The number of fused-ring (bicyclic) bond motifs is 1. The molecule has 2 aliphatic rings.